The molecule has 1 heteroatoms. The van der Waals surface area contributed by atoms with E-state index >= 15 is 0 Å². The van der Waals surface area contributed by atoms with Gasteiger partial charge in [0.2, 0.25) is 0 Å². The van der Waals surface area contributed by atoms with Crippen molar-refractivity contribution in [2.45, 2.75) is 95.3 Å². The summed E-state index contributed by atoms with van der Waals surface area (Å²) >= 11 is 0. The zero-order valence-corrected chi connectivity index (χ0v) is 80.4. The van der Waals surface area contributed by atoms with Gasteiger partial charge in [0.15, 0.2) is 0 Å². The topological polar surface area (TPSA) is 4.93 Å². The second-order valence-electron chi connectivity index (χ2n) is 41.6. The zero-order chi connectivity index (χ0) is 94.2. The van der Waals surface area contributed by atoms with Crippen molar-refractivity contribution in [3.05, 3.63) is 589 Å². The molecular weight excluding hydrogens is 1710 g/mol. The zero-order valence-electron chi connectivity index (χ0n) is 80.4. The molecule has 142 heavy (non-hydrogen) atoms. The van der Waals surface area contributed by atoms with Crippen LogP contribution in [0, 0.1) is 0 Å². The lowest BCUT2D eigenvalue weighted by Crippen LogP contribution is -2.28. The van der Waals surface area contributed by atoms with Crippen molar-refractivity contribution in [1.82, 2.24) is 4.57 Å². The summed E-state index contributed by atoms with van der Waals surface area (Å²) in [6, 6.07) is 167. The number of hydrogen-bond donors (Lipinski definition) is 0. The summed E-state index contributed by atoms with van der Waals surface area (Å²) in [7, 11) is 0. The Morgan fingerprint density at radius 1 is 0.162 bits per heavy atom. The summed E-state index contributed by atoms with van der Waals surface area (Å²) in [5.74, 6) is 0. The van der Waals surface area contributed by atoms with Crippen LogP contribution in [0.4, 0.5) is 0 Å². The van der Waals surface area contributed by atoms with Crippen molar-refractivity contribution in [3.63, 3.8) is 0 Å². The summed E-state index contributed by atoms with van der Waals surface area (Å²) in [5, 5.41) is 2.65. The van der Waals surface area contributed by atoms with Crippen LogP contribution in [0.2, 0.25) is 0 Å². The Morgan fingerprint density at radius 2 is 0.437 bits per heavy atom. The molecule has 11 aliphatic rings. The molecule has 0 fully saturated rings. The highest BCUT2D eigenvalue weighted by molar-refractivity contribution is 6.15. The van der Waals surface area contributed by atoms with Crippen LogP contribution < -0.4 is 0 Å². The molecule has 0 amide bonds. The molecule has 0 unspecified atom stereocenters. The molecule has 1 aromatic heterocycles. The molecule has 22 aromatic rings. The fourth-order valence-corrected chi connectivity index (χ4v) is 27.3. The Balaban J connectivity index is 0.0000000839. The third-order valence-electron chi connectivity index (χ3n) is 33.4. The standard InChI is InChI=1S/C32H22.C25H17N.2C22H18.2C20H14/c1-3-12-24(13-4-1)32(25-14-5-2-6-15-25)28-18-10-9-17-27(28)31-29(32)20-19-23-21-22-11-7-8-16-26(22)30(23)31;1-2-9-19(10-3-1)26-23-13-7-6-12-21(23)22-15-14-18-16-17-8-4-5-11-20(17)24(18)25(22)26;1-22(2)19-10-6-5-9-17(19)18-12-11-15-13-14-7-3-4-8-16(14)20(15)21(18)22;1-22(2)18-10-6-5-9-17(18)21-19(22)12-11-15-13-14-7-3-4-8-16(14)20(15)21;2*1-3-7-17-13(5-1)11-15-9-10-16-12-14-6-2-4-8-18(14)20(16)19(15)17/h1-20H,21H2;1-15H,16H2;2*3-12H,13H2,1-2H3;2*1-10H,11-12H2. The van der Waals surface area contributed by atoms with E-state index in [2.05, 4.69) is 487 Å². The lowest BCUT2D eigenvalue weighted by Gasteiger charge is -2.34. The maximum atomic E-state index is 2.44. The number of para-hydroxylation sites is 2. The van der Waals surface area contributed by atoms with Crippen molar-refractivity contribution in [2.75, 3.05) is 0 Å². The summed E-state index contributed by atoms with van der Waals surface area (Å²) in [6.07, 6.45) is 8.53. The molecule has 0 N–H and O–H groups in total. The van der Waals surface area contributed by atoms with Crippen LogP contribution in [0.25, 0.3) is 150 Å². The van der Waals surface area contributed by atoms with Crippen molar-refractivity contribution in [2.24, 2.45) is 0 Å². The normalized spacial score (nSPS) is 14.3. The van der Waals surface area contributed by atoms with Gasteiger partial charge in [0.05, 0.1) is 16.4 Å². The molecular formula is C141H103N. The van der Waals surface area contributed by atoms with Gasteiger partial charge in [0.1, 0.15) is 0 Å². The lowest BCUT2D eigenvalue weighted by atomic mass is 9.67. The minimum absolute atomic E-state index is 0.0781. The van der Waals surface area contributed by atoms with Gasteiger partial charge in [-0.15, -0.1) is 0 Å². The molecule has 33 rings (SSSR count). The summed E-state index contributed by atoms with van der Waals surface area (Å²) in [6.45, 7) is 9.45. The van der Waals surface area contributed by atoms with Crippen LogP contribution >= 0.6 is 0 Å². The molecule has 672 valence electrons. The highest BCUT2D eigenvalue weighted by atomic mass is 15.0. The van der Waals surface area contributed by atoms with Crippen molar-refractivity contribution in [3.8, 4) is 128 Å². The number of fused-ring (bicyclic) bond motifs is 42. The van der Waals surface area contributed by atoms with Gasteiger partial charge in [-0.3, -0.25) is 0 Å². The Kier molecular flexibility index (Phi) is 19.3. The van der Waals surface area contributed by atoms with Gasteiger partial charge in [0.25, 0.3) is 0 Å². The quantitative estimate of drug-likeness (QED) is 0.166. The van der Waals surface area contributed by atoms with E-state index in [1.807, 2.05) is 0 Å². The first-order valence-electron chi connectivity index (χ1n) is 51.0. The molecule has 0 bridgehead atoms. The van der Waals surface area contributed by atoms with E-state index in [4.69, 9.17) is 0 Å². The SMILES string of the molecule is CC1(C)c2ccccc2-c2c1ccc1c2-c2ccccc2C1.CC1(C)c2ccccc2-c2ccc3c(c21)-c1ccccc1C3.c1ccc(-n2c3ccccc3c3ccc4c(c32)-c2ccccc2C4)cc1.c1ccc(C2(c3ccccc3)c3ccccc3-c3c2ccc2c3-c3ccccc3C2)cc1.c1ccc2c(c1)Cc1ccc3c(c1-2)-c1ccccc1C3.c1ccc2c(c1)Cc1ccc3c(c1-2)-c1ccccc1C3. The second-order valence-corrected chi connectivity index (χ2v) is 41.6. The summed E-state index contributed by atoms with van der Waals surface area (Å²) < 4.78 is 2.44. The van der Waals surface area contributed by atoms with Gasteiger partial charge in [-0.25, -0.2) is 0 Å². The molecule has 0 saturated heterocycles. The molecule has 0 radical (unpaired) electrons. The molecule has 11 aliphatic carbocycles. The van der Waals surface area contributed by atoms with E-state index in [0.29, 0.717) is 0 Å². The Bertz CT molecular complexity index is 8680. The van der Waals surface area contributed by atoms with Crippen LogP contribution in [-0.4, -0.2) is 4.57 Å². The molecule has 0 aliphatic heterocycles. The fraction of sp³-hybridized carbons (Fsp3) is 0.106. The van der Waals surface area contributed by atoms with Crippen LogP contribution in [-0.2, 0) is 67.6 Å². The van der Waals surface area contributed by atoms with Gasteiger partial charge in [-0.1, -0.05) is 464 Å². The predicted octanol–water partition coefficient (Wildman–Crippen LogP) is 34.8. The van der Waals surface area contributed by atoms with E-state index in [9.17, 15) is 0 Å². The van der Waals surface area contributed by atoms with Crippen molar-refractivity contribution >= 4 is 21.8 Å². The van der Waals surface area contributed by atoms with Crippen LogP contribution in [0.15, 0.2) is 455 Å². The van der Waals surface area contributed by atoms with E-state index in [0.717, 1.165) is 51.4 Å². The minimum atomic E-state index is -0.318. The highest BCUT2D eigenvalue weighted by Gasteiger charge is 2.49. The number of benzene rings is 21. The Labute approximate surface area is 832 Å². The molecule has 0 spiro atoms. The van der Waals surface area contributed by atoms with Crippen LogP contribution in [0.3, 0.4) is 0 Å². The summed E-state index contributed by atoms with van der Waals surface area (Å²) in [4.78, 5) is 0. The first-order chi connectivity index (χ1) is 70.0. The largest absolute Gasteiger partial charge is 0.309 e. The number of rotatable bonds is 3. The maximum absolute atomic E-state index is 2.44. The monoisotopic (exact) mass is 1810 g/mol. The Hall–Kier alpha value is -16.6. The van der Waals surface area contributed by atoms with E-state index in [1.54, 1.807) is 0 Å². The van der Waals surface area contributed by atoms with Gasteiger partial charge in [-0.2, -0.15) is 0 Å². The van der Waals surface area contributed by atoms with Gasteiger partial charge < -0.3 is 4.57 Å². The molecule has 0 atom stereocenters. The Morgan fingerprint density at radius 3 is 0.859 bits per heavy atom. The van der Waals surface area contributed by atoms with Crippen LogP contribution in [0.1, 0.15) is 161 Å². The number of nitrogens with zero attached hydrogens (tertiary/aromatic N) is 1. The molecule has 0 saturated carbocycles. The average molecular weight is 1810 g/mol. The first-order valence-corrected chi connectivity index (χ1v) is 51.0. The third-order valence-corrected chi connectivity index (χ3v) is 33.4. The lowest BCUT2D eigenvalue weighted by molar-refractivity contribution is 0.660. The maximum Gasteiger partial charge on any atom is 0.0713 e. The predicted molar refractivity (Wildman–Crippen MR) is 591 cm³/mol. The molecule has 1 nitrogen and oxygen atoms in total. The average Bonchev–Trinajstić information content (AvgIpc) is 1.52. The van der Waals surface area contributed by atoms with Crippen LogP contribution in [0.5, 0.6) is 0 Å². The van der Waals surface area contributed by atoms with E-state index < -0.39 is 0 Å². The van der Waals surface area contributed by atoms with Gasteiger partial charge in [-0.05, 0) is 320 Å². The number of aromatic nitrogens is 1. The van der Waals surface area contributed by atoms with Gasteiger partial charge in [0, 0.05) is 32.9 Å². The second kappa shape index (κ2) is 32.8. The van der Waals surface area contributed by atoms with E-state index in [-0.39, 0.29) is 16.2 Å². The number of hydrogen-bond acceptors (Lipinski definition) is 0. The first kappa shape index (κ1) is 83.6. The molecule has 1 heterocycles. The minimum Gasteiger partial charge on any atom is -0.309 e. The fourth-order valence-electron chi connectivity index (χ4n) is 27.3. The van der Waals surface area contributed by atoms with Gasteiger partial charge >= 0.3 is 0 Å². The summed E-state index contributed by atoms with van der Waals surface area (Å²) in [5.41, 5.74) is 70.2. The van der Waals surface area contributed by atoms with Crippen molar-refractivity contribution in [1.29, 1.82) is 0 Å². The third kappa shape index (κ3) is 12.7. The smallest absolute Gasteiger partial charge is 0.0713 e. The molecule has 21 aromatic carbocycles. The highest BCUT2D eigenvalue weighted by Crippen LogP contribution is 2.63. The van der Waals surface area contributed by atoms with E-state index in [1.165, 1.54) is 283 Å². The van der Waals surface area contributed by atoms with Crippen molar-refractivity contribution < 1.29 is 0 Å².